The van der Waals surface area contributed by atoms with Crippen LogP contribution in [-0.2, 0) is 19.6 Å². The molecular formula is C12H23NaO5S. The maximum absolute atomic E-state index is 10.9. The predicted molar refractivity (Wildman–Crippen MR) is 68.1 cm³/mol. The zero-order valence-electron chi connectivity index (χ0n) is 12.0. The second-order valence-electron chi connectivity index (χ2n) is 4.40. The Morgan fingerprint density at radius 1 is 1.00 bits per heavy atom. The van der Waals surface area contributed by atoms with E-state index in [9.17, 15) is 17.8 Å². The first-order chi connectivity index (χ1) is 8.45. The van der Waals surface area contributed by atoms with Crippen molar-refractivity contribution in [3.63, 3.8) is 0 Å². The smallest absolute Gasteiger partial charge is 0.748 e. The van der Waals surface area contributed by atoms with Crippen LogP contribution in [0, 0.1) is 0 Å². The first-order valence-corrected chi connectivity index (χ1v) is 8.12. The molecule has 19 heavy (non-hydrogen) atoms. The summed E-state index contributed by atoms with van der Waals surface area (Å²) in [5.41, 5.74) is 0. The molecule has 0 aromatic heterocycles. The Labute approximate surface area is 138 Å². The van der Waals surface area contributed by atoms with Crippen LogP contribution >= 0.6 is 0 Å². The number of hydrogen-bond donors (Lipinski definition) is 0. The van der Waals surface area contributed by atoms with E-state index >= 15 is 0 Å². The maximum atomic E-state index is 10.9. The number of hydrogen-bond acceptors (Lipinski definition) is 5. The standard InChI is InChI=1S/C12H24O5S.Na/c1-2-3-4-5-6-7-8-9-10-17-12(13)11-18(14,15)16;/h2-11H2,1H3,(H,14,15,16);/q;+1/p-1. The van der Waals surface area contributed by atoms with Crippen molar-refractivity contribution in [2.75, 3.05) is 12.4 Å². The van der Waals surface area contributed by atoms with Crippen LogP contribution in [0.5, 0.6) is 0 Å². The molecule has 0 spiro atoms. The summed E-state index contributed by atoms with van der Waals surface area (Å²) in [5, 5.41) is 0. The Kier molecular flexibility index (Phi) is 15.2. The van der Waals surface area contributed by atoms with E-state index in [1.54, 1.807) is 0 Å². The average molecular weight is 302 g/mol. The van der Waals surface area contributed by atoms with E-state index in [1.807, 2.05) is 0 Å². The van der Waals surface area contributed by atoms with Gasteiger partial charge in [-0.15, -0.1) is 0 Å². The molecular weight excluding hydrogens is 279 g/mol. The fourth-order valence-corrected chi connectivity index (χ4v) is 1.98. The molecule has 0 atom stereocenters. The van der Waals surface area contributed by atoms with E-state index in [0.29, 0.717) is 0 Å². The molecule has 7 heteroatoms. The number of ether oxygens (including phenoxy) is 1. The number of esters is 1. The second-order valence-corrected chi connectivity index (χ2v) is 5.80. The maximum Gasteiger partial charge on any atom is 1.00 e. The van der Waals surface area contributed by atoms with Crippen LogP contribution in [0.1, 0.15) is 58.3 Å². The summed E-state index contributed by atoms with van der Waals surface area (Å²) in [6, 6.07) is 0. The summed E-state index contributed by atoms with van der Waals surface area (Å²) in [5.74, 6) is -2.02. The van der Waals surface area contributed by atoms with Gasteiger partial charge in [0.15, 0.2) is 0 Å². The molecule has 0 radical (unpaired) electrons. The van der Waals surface area contributed by atoms with E-state index in [0.717, 1.165) is 19.3 Å². The van der Waals surface area contributed by atoms with Gasteiger partial charge in [-0.1, -0.05) is 51.9 Å². The van der Waals surface area contributed by atoms with Crippen molar-refractivity contribution in [3.8, 4) is 0 Å². The molecule has 0 aromatic carbocycles. The van der Waals surface area contributed by atoms with Gasteiger partial charge in [-0.2, -0.15) is 0 Å². The van der Waals surface area contributed by atoms with Crippen molar-refractivity contribution in [1.82, 2.24) is 0 Å². The van der Waals surface area contributed by atoms with Gasteiger partial charge in [0, 0.05) is 0 Å². The van der Waals surface area contributed by atoms with E-state index < -0.39 is 21.8 Å². The first kappa shape index (κ1) is 21.7. The minimum Gasteiger partial charge on any atom is -0.748 e. The molecule has 5 nitrogen and oxygen atoms in total. The molecule has 0 amide bonds. The molecule has 0 fully saturated rings. The van der Waals surface area contributed by atoms with Gasteiger partial charge in [0.2, 0.25) is 0 Å². The van der Waals surface area contributed by atoms with Crippen molar-refractivity contribution in [2.24, 2.45) is 0 Å². The number of unbranched alkanes of at least 4 members (excludes halogenated alkanes) is 7. The van der Waals surface area contributed by atoms with E-state index in [-0.39, 0.29) is 36.2 Å². The van der Waals surface area contributed by atoms with Gasteiger partial charge in [0.05, 0.1) is 6.61 Å². The molecule has 0 aromatic rings. The zero-order valence-corrected chi connectivity index (χ0v) is 14.8. The van der Waals surface area contributed by atoms with Crippen LogP contribution in [0.4, 0.5) is 0 Å². The Morgan fingerprint density at radius 2 is 1.47 bits per heavy atom. The van der Waals surface area contributed by atoms with Gasteiger partial charge in [-0.05, 0) is 6.42 Å². The van der Waals surface area contributed by atoms with Crippen molar-refractivity contribution in [2.45, 2.75) is 58.3 Å². The summed E-state index contributed by atoms with van der Waals surface area (Å²) in [7, 11) is -4.51. The molecule has 0 heterocycles. The number of carbonyl (C=O) groups excluding carboxylic acids is 1. The molecule has 108 valence electrons. The second kappa shape index (κ2) is 13.4. The number of carbonyl (C=O) groups is 1. The predicted octanol–water partition coefficient (Wildman–Crippen LogP) is -0.780. The Balaban J connectivity index is 0. The van der Waals surface area contributed by atoms with Crippen LogP contribution in [-0.4, -0.2) is 31.3 Å². The fraction of sp³-hybridized carbons (Fsp3) is 0.917. The molecule has 0 unspecified atom stereocenters. The Hall–Kier alpha value is 0.380. The third kappa shape index (κ3) is 18.4. The Morgan fingerprint density at radius 3 is 1.95 bits per heavy atom. The van der Waals surface area contributed by atoms with E-state index in [4.69, 9.17) is 0 Å². The van der Waals surface area contributed by atoms with Gasteiger partial charge in [0.1, 0.15) is 15.9 Å². The third-order valence-electron chi connectivity index (χ3n) is 2.56. The van der Waals surface area contributed by atoms with Crippen molar-refractivity contribution >= 4 is 16.1 Å². The van der Waals surface area contributed by atoms with Gasteiger partial charge in [-0.25, -0.2) is 8.42 Å². The topological polar surface area (TPSA) is 83.5 Å². The number of rotatable bonds is 11. The molecule has 0 aliphatic rings. The normalized spacial score (nSPS) is 10.8. The van der Waals surface area contributed by atoms with Gasteiger partial charge >= 0.3 is 35.5 Å². The van der Waals surface area contributed by atoms with Crippen LogP contribution in [0.3, 0.4) is 0 Å². The minimum atomic E-state index is -4.51. The van der Waals surface area contributed by atoms with Crippen LogP contribution in [0.2, 0.25) is 0 Å². The molecule has 0 bridgehead atoms. The van der Waals surface area contributed by atoms with E-state index in [1.165, 1.54) is 32.1 Å². The molecule has 0 aliphatic heterocycles. The first-order valence-electron chi connectivity index (χ1n) is 6.55. The largest absolute Gasteiger partial charge is 1.00 e. The van der Waals surface area contributed by atoms with Crippen molar-refractivity contribution in [3.05, 3.63) is 0 Å². The summed E-state index contributed by atoms with van der Waals surface area (Å²) in [6.07, 6.45) is 8.99. The SMILES string of the molecule is CCCCCCCCCCOC(=O)CS(=O)(=O)[O-].[Na+]. The molecule has 0 aliphatic carbocycles. The summed E-state index contributed by atoms with van der Waals surface area (Å²) in [4.78, 5) is 10.9. The van der Waals surface area contributed by atoms with Crippen LogP contribution in [0.25, 0.3) is 0 Å². The van der Waals surface area contributed by atoms with Crippen LogP contribution < -0.4 is 29.6 Å². The van der Waals surface area contributed by atoms with E-state index in [2.05, 4.69) is 11.7 Å². The van der Waals surface area contributed by atoms with Gasteiger partial charge in [0.25, 0.3) is 0 Å². The fourth-order valence-electron chi connectivity index (χ4n) is 1.61. The van der Waals surface area contributed by atoms with Gasteiger partial charge in [-0.3, -0.25) is 4.79 Å². The van der Waals surface area contributed by atoms with Crippen LogP contribution in [0.15, 0.2) is 0 Å². The molecule has 0 saturated heterocycles. The minimum absolute atomic E-state index is 0. The monoisotopic (exact) mass is 302 g/mol. The summed E-state index contributed by atoms with van der Waals surface area (Å²) in [6.45, 7) is 2.37. The third-order valence-corrected chi connectivity index (χ3v) is 3.14. The molecule has 0 rings (SSSR count). The summed E-state index contributed by atoms with van der Waals surface area (Å²) >= 11 is 0. The summed E-state index contributed by atoms with van der Waals surface area (Å²) < 4.78 is 35.4. The van der Waals surface area contributed by atoms with Gasteiger partial charge < -0.3 is 9.29 Å². The molecule has 0 saturated carbocycles. The average Bonchev–Trinajstić information content (AvgIpc) is 2.24. The van der Waals surface area contributed by atoms with Crippen molar-refractivity contribution < 1.29 is 52.1 Å². The zero-order chi connectivity index (χ0) is 13.9. The Bertz CT molecular complexity index is 316. The molecule has 0 N–H and O–H groups in total. The van der Waals surface area contributed by atoms with Crippen molar-refractivity contribution in [1.29, 1.82) is 0 Å². The quantitative estimate of drug-likeness (QED) is 0.216.